The molecule has 3 aliphatic carbocycles. The van der Waals surface area contributed by atoms with Crippen molar-refractivity contribution in [2.24, 2.45) is 40.2 Å². The van der Waals surface area contributed by atoms with Gasteiger partial charge in [-0.05, 0) is 85.6 Å². The number of rotatable bonds is 1. The predicted molar refractivity (Wildman–Crippen MR) is 116 cm³/mol. The molecule has 1 aromatic heterocycles. The molecule has 5 nitrogen and oxygen atoms in total. The molecule has 1 aromatic rings. The van der Waals surface area contributed by atoms with Crippen LogP contribution in [0.1, 0.15) is 64.5 Å². The Kier molecular flexibility index (Phi) is 5.54. The van der Waals surface area contributed by atoms with Gasteiger partial charge in [0.1, 0.15) is 0 Å². The van der Waals surface area contributed by atoms with E-state index in [2.05, 4.69) is 40.9 Å². The smallest absolute Gasteiger partial charge is 0.220 e. The van der Waals surface area contributed by atoms with Crippen molar-refractivity contribution in [3.63, 3.8) is 0 Å². The average Bonchev–Trinajstić information content (AvgIpc) is 3.03. The third-order valence-corrected chi connectivity index (χ3v) is 8.92. The van der Waals surface area contributed by atoms with Gasteiger partial charge in [0, 0.05) is 25.4 Å². The number of fused-ring (bicyclic) bond motifs is 5. The number of hydrogen-bond acceptors (Lipinski definition) is 4. The summed E-state index contributed by atoms with van der Waals surface area (Å²) in [5, 5.41) is 3.18. The van der Waals surface area contributed by atoms with Crippen molar-refractivity contribution in [3.05, 3.63) is 30.4 Å². The summed E-state index contributed by atoms with van der Waals surface area (Å²) >= 11 is 0. The zero-order valence-corrected chi connectivity index (χ0v) is 18.2. The molecule has 1 amide bonds. The molecule has 1 saturated heterocycles. The summed E-state index contributed by atoms with van der Waals surface area (Å²) in [5.41, 5.74) is 7.56. The van der Waals surface area contributed by atoms with Gasteiger partial charge in [0.25, 0.3) is 0 Å². The van der Waals surface area contributed by atoms with Crippen molar-refractivity contribution >= 4 is 11.5 Å². The van der Waals surface area contributed by atoms with Crippen LogP contribution in [-0.4, -0.2) is 29.5 Å². The van der Waals surface area contributed by atoms with Gasteiger partial charge in [0.2, 0.25) is 5.91 Å². The first-order valence-electron chi connectivity index (χ1n) is 11.3. The zero-order chi connectivity index (χ0) is 20.6. The van der Waals surface area contributed by atoms with Gasteiger partial charge in [0.15, 0.2) is 0 Å². The number of allylic oxidation sites excluding steroid dienone is 2. The highest BCUT2D eigenvalue weighted by atomic mass is 16.1. The van der Waals surface area contributed by atoms with Gasteiger partial charge in [0.05, 0.1) is 11.9 Å². The molecule has 6 atom stereocenters. The molecule has 158 valence electrons. The number of carbonyl (C=O) groups is 1. The Bertz CT molecular complexity index is 778. The fourth-order valence-corrected chi connectivity index (χ4v) is 7.37. The highest BCUT2D eigenvalue weighted by Crippen LogP contribution is 2.66. The Labute approximate surface area is 175 Å². The van der Waals surface area contributed by atoms with E-state index in [-0.39, 0.29) is 11.3 Å². The second kappa shape index (κ2) is 7.82. The molecule has 2 saturated carbocycles. The number of nitrogens with one attached hydrogen (secondary N) is 1. The van der Waals surface area contributed by atoms with E-state index in [9.17, 15) is 4.79 Å². The summed E-state index contributed by atoms with van der Waals surface area (Å²) in [4.78, 5) is 21.0. The molecular formula is C24H36N4O. The largest absolute Gasteiger partial charge is 0.356 e. The quantitative estimate of drug-likeness (QED) is 0.756. The van der Waals surface area contributed by atoms with Crippen LogP contribution in [0.2, 0.25) is 0 Å². The van der Waals surface area contributed by atoms with Crippen LogP contribution >= 0.6 is 0 Å². The van der Waals surface area contributed by atoms with Crippen molar-refractivity contribution in [1.82, 2.24) is 15.3 Å². The first kappa shape index (κ1) is 20.5. The lowest BCUT2D eigenvalue weighted by Gasteiger charge is -2.58. The second-order valence-corrected chi connectivity index (χ2v) is 9.86. The monoisotopic (exact) mass is 396 g/mol. The maximum absolute atomic E-state index is 12.0. The van der Waals surface area contributed by atoms with Crippen LogP contribution in [0.15, 0.2) is 24.7 Å². The normalized spacial score (nSPS) is 40.8. The fourth-order valence-electron chi connectivity index (χ4n) is 7.37. The molecule has 5 rings (SSSR count). The molecule has 0 bridgehead atoms. The molecule has 5 unspecified atom stereocenters. The Balaban J connectivity index is 0.000000994. The highest BCUT2D eigenvalue weighted by molar-refractivity contribution is 5.76. The zero-order valence-electron chi connectivity index (χ0n) is 18.2. The molecule has 29 heavy (non-hydrogen) atoms. The molecule has 1 aliphatic heterocycles. The van der Waals surface area contributed by atoms with Crippen LogP contribution < -0.4 is 11.1 Å². The lowest BCUT2D eigenvalue weighted by Crippen LogP contribution is -2.52. The van der Waals surface area contributed by atoms with Crippen LogP contribution in [0.25, 0.3) is 5.57 Å². The molecule has 0 spiro atoms. The number of nitrogens with zero attached hydrogens (tertiary/aromatic N) is 2. The third-order valence-electron chi connectivity index (χ3n) is 8.92. The van der Waals surface area contributed by atoms with Gasteiger partial charge in [-0.2, -0.15) is 0 Å². The maximum atomic E-state index is 12.0. The maximum Gasteiger partial charge on any atom is 0.220 e. The second-order valence-electron chi connectivity index (χ2n) is 9.86. The third kappa shape index (κ3) is 3.22. The minimum absolute atomic E-state index is 0.235. The first-order chi connectivity index (χ1) is 14.0. The molecule has 2 heterocycles. The molecule has 3 fully saturated rings. The molecule has 3 N–H and O–H groups in total. The number of carbonyl (C=O) groups excluding carboxylic acids is 1. The van der Waals surface area contributed by atoms with Crippen LogP contribution in [0.3, 0.4) is 0 Å². The van der Waals surface area contributed by atoms with Crippen LogP contribution in [0.4, 0.5) is 0 Å². The van der Waals surface area contributed by atoms with Gasteiger partial charge in [-0.15, -0.1) is 0 Å². The van der Waals surface area contributed by atoms with Crippen molar-refractivity contribution in [2.45, 2.75) is 58.8 Å². The Hall–Kier alpha value is -1.75. The van der Waals surface area contributed by atoms with E-state index in [0.29, 0.717) is 17.8 Å². The van der Waals surface area contributed by atoms with Crippen molar-refractivity contribution < 1.29 is 4.79 Å². The number of nitrogens with two attached hydrogens (primary N) is 1. The van der Waals surface area contributed by atoms with Crippen molar-refractivity contribution in [2.75, 3.05) is 13.6 Å². The van der Waals surface area contributed by atoms with Crippen molar-refractivity contribution in [3.8, 4) is 0 Å². The molecule has 5 heteroatoms. The van der Waals surface area contributed by atoms with E-state index in [1.807, 2.05) is 12.4 Å². The number of amides is 1. The van der Waals surface area contributed by atoms with Gasteiger partial charge in [-0.3, -0.25) is 14.8 Å². The first-order valence-corrected chi connectivity index (χ1v) is 11.3. The summed E-state index contributed by atoms with van der Waals surface area (Å²) in [6, 6.07) is 0. The van der Waals surface area contributed by atoms with Gasteiger partial charge in [-0.1, -0.05) is 19.9 Å². The molecular weight excluding hydrogens is 360 g/mol. The van der Waals surface area contributed by atoms with E-state index < -0.39 is 0 Å². The average molecular weight is 397 g/mol. The van der Waals surface area contributed by atoms with E-state index in [0.717, 1.165) is 36.4 Å². The lowest BCUT2D eigenvalue weighted by molar-refractivity contribution is -0.121. The van der Waals surface area contributed by atoms with Gasteiger partial charge < -0.3 is 11.1 Å². The van der Waals surface area contributed by atoms with E-state index in [4.69, 9.17) is 0 Å². The highest BCUT2D eigenvalue weighted by Gasteiger charge is 2.58. The van der Waals surface area contributed by atoms with Gasteiger partial charge >= 0.3 is 0 Å². The number of hydrogen-bond donors (Lipinski definition) is 2. The van der Waals surface area contributed by atoms with Crippen molar-refractivity contribution in [1.29, 1.82) is 0 Å². The summed E-state index contributed by atoms with van der Waals surface area (Å²) in [7, 11) is 1.50. The predicted octanol–water partition coefficient (Wildman–Crippen LogP) is 3.81. The van der Waals surface area contributed by atoms with Crippen LogP contribution in [-0.2, 0) is 4.79 Å². The molecule has 0 radical (unpaired) electrons. The Morgan fingerprint density at radius 1 is 1.10 bits per heavy atom. The number of aromatic nitrogens is 2. The van der Waals surface area contributed by atoms with Crippen LogP contribution in [0, 0.1) is 34.5 Å². The van der Waals surface area contributed by atoms with E-state index in [1.54, 1.807) is 6.20 Å². The minimum atomic E-state index is 0.235. The van der Waals surface area contributed by atoms with E-state index >= 15 is 0 Å². The minimum Gasteiger partial charge on any atom is -0.356 e. The summed E-state index contributed by atoms with van der Waals surface area (Å²) in [6.45, 7) is 5.88. The topological polar surface area (TPSA) is 80.9 Å². The summed E-state index contributed by atoms with van der Waals surface area (Å²) in [5.74, 6) is 3.18. The van der Waals surface area contributed by atoms with Crippen LogP contribution in [0.5, 0.6) is 0 Å². The SMILES string of the molecule is CC12CCC(=O)NCC1CCC1C2CCC2(C)C(c3cnccn3)=CC[C@@H]12.CN. The Morgan fingerprint density at radius 2 is 1.93 bits per heavy atom. The summed E-state index contributed by atoms with van der Waals surface area (Å²) < 4.78 is 0. The summed E-state index contributed by atoms with van der Waals surface area (Å²) in [6.07, 6.45) is 16.1. The molecule has 4 aliphatic rings. The van der Waals surface area contributed by atoms with Gasteiger partial charge in [-0.25, -0.2) is 0 Å². The Morgan fingerprint density at radius 3 is 2.69 bits per heavy atom. The standard InChI is InChI=1S/C23H31N3O.CH5N/c1-22-10-8-21(27)26-13-15(22)3-4-16-17-5-6-19(20-14-24-11-12-25-20)23(17,2)9-7-18(16)22;1-2/h6,11-12,14-18H,3-5,7-10,13H2,1-2H3,(H,26,27);2H2,1H3/t15?,16?,17-,18?,22?,23?;/m0./s1. The van der Waals surface area contributed by atoms with E-state index in [1.165, 1.54) is 44.7 Å². The molecule has 0 aromatic carbocycles. The fraction of sp³-hybridized carbons (Fsp3) is 0.708. The lowest BCUT2D eigenvalue weighted by atomic mass is 9.46.